The lowest BCUT2D eigenvalue weighted by molar-refractivity contribution is -0.140. The summed E-state index contributed by atoms with van der Waals surface area (Å²) < 4.78 is 40.0. The number of alkyl halides is 3. The number of halogens is 3. The molecule has 0 aromatic heterocycles. The third kappa shape index (κ3) is 5.22. The minimum Gasteiger partial charge on any atom is -0.342 e. The van der Waals surface area contributed by atoms with Crippen LogP contribution in [0.1, 0.15) is 55.5 Å². The summed E-state index contributed by atoms with van der Waals surface area (Å²) in [7, 11) is 0. The number of benzene rings is 1. The second-order valence-corrected chi connectivity index (χ2v) is 8.37. The van der Waals surface area contributed by atoms with Gasteiger partial charge in [0, 0.05) is 39.3 Å². The van der Waals surface area contributed by atoms with Crippen molar-refractivity contribution in [3.8, 4) is 0 Å². The van der Waals surface area contributed by atoms with Crippen molar-refractivity contribution < 1.29 is 22.8 Å². The van der Waals surface area contributed by atoms with Gasteiger partial charge in [-0.05, 0) is 44.7 Å². The third-order valence-electron chi connectivity index (χ3n) is 6.63. The maximum atomic E-state index is 13.3. The molecule has 1 atom stereocenters. The van der Waals surface area contributed by atoms with E-state index in [2.05, 4.69) is 4.90 Å². The van der Waals surface area contributed by atoms with Gasteiger partial charge in [-0.2, -0.15) is 13.2 Å². The number of likely N-dealkylation sites (N-methyl/N-ethyl adjacent to an activating group) is 1. The van der Waals surface area contributed by atoms with Crippen LogP contribution in [-0.4, -0.2) is 71.8 Å². The Morgan fingerprint density at radius 1 is 1.03 bits per heavy atom. The maximum Gasteiger partial charge on any atom is 0.417 e. The van der Waals surface area contributed by atoms with Crippen molar-refractivity contribution in [2.45, 2.75) is 51.7 Å². The summed E-state index contributed by atoms with van der Waals surface area (Å²) in [5.41, 5.74) is -1.21. The molecule has 5 nitrogen and oxygen atoms in total. The molecular formula is C23H32F3N3O2. The van der Waals surface area contributed by atoms with Crippen LogP contribution in [0, 0.1) is 5.92 Å². The van der Waals surface area contributed by atoms with Gasteiger partial charge < -0.3 is 9.80 Å². The molecule has 2 aliphatic rings. The van der Waals surface area contributed by atoms with Crippen LogP contribution in [-0.2, 0) is 11.0 Å². The average molecular weight is 440 g/mol. The molecule has 172 valence electrons. The summed E-state index contributed by atoms with van der Waals surface area (Å²) in [4.78, 5) is 31.6. The molecule has 1 unspecified atom stereocenters. The van der Waals surface area contributed by atoms with E-state index in [1.165, 1.54) is 23.1 Å². The van der Waals surface area contributed by atoms with Crippen molar-refractivity contribution in [1.29, 1.82) is 0 Å². The Labute approximate surface area is 182 Å². The van der Waals surface area contributed by atoms with E-state index in [0.717, 1.165) is 31.7 Å². The molecule has 2 amide bonds. The molecule has 2 fully saturated rings. The molecule has 8 heteroatoms. The molecular weight excluding hydrogens is 407 g/mol. The highest BCUT2D eigenvalue weighted by Crippen LogP contribution is 2.34. The van der Waals surface area contributed by atoms with Gasteiger partial charge in [-0.1, -0.05) is 25.0 Å². The van der Waals surface area contributed by atoms with E-state index in [1.807, 2.05) is 18.7 Å². The summed E-state index contributed by atoms with van der Waals surface area (Å²) in [6.07, 6.45) is -0.276. The van der Waals surface area contributed by atoms with Gasteiger partial charge in [0.25, 0.3) is 5.91 Å². The first-order valence-corrected chi connectivity index (χ1v) is 11.3. The highest BCUT2D eigenvalue weighted by molar-refractivity contribution is 5.96. The summed E-state index contributed by atoms with van der Waals surface area (Å²) in [6, 6.07) is 4.73. The molecule has 0 radical (unpaired) electrons. The summed E-state index contributed by atoms with van der Waals surface area (Å²) in [5, 5.41) is 0. The van der Waals surface area contributed by atoms with E-state index in [4.69, 9.17) is 0 Å². The van der Waals surface area contributed by atoms with Gasteiger partial charge in [0.1, 0.15) is 0 Å². The number of piperazine rings is 1. The Hall–Kier alpha value is -2.09. The molecule has 1 aliphatic heterocycles. The second-order valence-electron chi connectivity index (χ2n) is 8.37. The SMILES string of the molecule is CCN(CC)C(=O)C(C1CCCC1)N1CCN(C(=O)c2ccccc2C(F)(F)F)CC1. The molecule has 1 aliphatic carbocycles. The fourth-order valence-electron chi connectivity index (χ4n) is 4.94. The lowest BCUT2D eigenvalue weighted by atomic mass is 9.94. The van der Waals surface area contributed by atoms with Crippen molar-refractivity contribution in [2.24, 2.45) is 5.92 Å². The normalized spacial score (nSPS) is 19.5. The molecule has 0 N–H and O–H groups in total. The number of nitrogens with zero attached hydrogens (tertiary/aromatic N) is 3. The number of carbonyl (C=O) groups is 2. The van der Waals surface area contributed by atoms with Crippen LogP contribution < -0.4 is 0 Å². The molecule has 1 heterocycles. The monoisotopic (exact) mass is 439 g/mol. The first kappa shape index (κ1) is 23.6. The highest BCUT2D eigenvalue weighted by Gasteiger charge is 2.40. The molecule has 3 rings (SSSR count). The van der Waals surface area contributed by atoms with Crippen molar-refractivity contribution in [3.05, 3.63) is 35.4 Å². The second kappa shape index (κ2) is 10.0. The molecule has 1 saturated heterocycles. The Kier molecular flexibility index (Phi) is 7.62. The van der Waals surface area contributed by atoms with Gasteiger partial charge in [0.2, 0.25) is 5.91 Å². The highest BCUT2D eigenvalue weighted by atomic mass is 19.4. The summed E-state index contributed by atoms with van der Waals surface area (Å²) >= 11 is 0. The number of carbonyl (C=O) groups excluding carboxylic acids is 2. The lowest BCUT2D eigenvalue weighted by Gasteiger charge is -2.42. The van der Waals surface area contributed by atoms with Crippen LogP contribution in [0.5, 0.6) is 0 Å². The fourth-order valence-corrected chi connectivity index (χ4v) is 4.94. The van der Waals surface area contributed by atoms with Crippen LogP contribution in [0.25, 0.3) is 0 Å². The van der Waals surface area contributed by atoms with Gasteiger partial charge in [-0.15, -0.1) is 0 Å². The van der Waals surface area contributed by atoms with Crippen LogP contribution in [0.15, 0.2) is 24.3 Å². The van der Waals surface area contributed by atoms with Crippen molar-refractivity contribution in [2.75, 3.05) is 39.3 Å². The van der Waals surface area contributed by atoms with E-state index in [-0.39, 0.29) is 17.5 Å². The number of rotatable bonds is 6. The van der Waals surface area contributed by atoms with E-state index in [0.29, 0.717) is 45.2 Å². The predicted octanol–water partition coefficient (Wildman–Crippen LogP) is 3.89. The predicted molar refractivity (Wildman–Crippen MR) is 113 cm³/mol. The van der Waals surface area contributed by atoms with Gasteiger partial charge >= 0.3 is 6.18 Å². The fraction of sp³-hybridized carbons (Fsp3) is 0.652. The van der Waals surface area contributed by atoms with Gasteiger partial charge in [0.15, 0.2) is 0 Å². The largest absolute Gasteiger partial charge is 0.417 e. The lowest BCUT2D eigenvalue weighted by Crippen LogP contribution is -2.58. The van der Waals surface area contributed by atoms with E-state index < -0.39 is 17.6 Å². The molecule has 31 heavy (non-hydrogen) atoms. The minimum absolute atomic E-state index is 0.138. The molecule has 1 aromatic rings. The first-order valence-electron chi connectivity index (χ1n) is 11.3. The zero-order valence-electron chi connectivity index (χ0n) is 18.3. The Bertz CT molecular complexity index is 766. The Morgan fingerprint density at radius 2 is 1.61 bits per heavy atom. The third-order valence-corrected chi connectivity index (χ3v) is 6.63. The van der Waals surface area contributed by atoms with E-state index >= 15 is 0 Å². The summed E-state index contributed by atoms with van der Waals surface area (Å²) in [6.45, 7) is 6.89. The molecule has 0 spiro atoms. The van der Waals surface area contributed by atoms with Crippen molar-refractivity contribution >= 4 is 11.8 Å². The average Bonchev–Trinajstić information content (AvgIpc) is 3.28. The minimum atomic E-state index is -4.57. The van der Waals surface area contributed by atoms with Crippen molar-refractivity contribution in [1.82, 2.24) is 14.7 Å². The van der Waals surface area contributed by atoms with Crippen LogP contribution in [0.2, 0.25) is 0 Å². The van der Waals surface area contributed by atoms with E-state index in [1.54, 1.807) is 0 Å². The van der Waals surface area contributed by atoms with Crippen LogP contribution >= 0.6 is 0 Å². The van der Waals surface area contributed by atoms with E-state index in [9.17, 15) is 22.8 Å². The molecule has 1 saturated carbocycles. The topological polar surface area (TPSA) is 43.9 Å². The van der Waals surface area contributed by atoms with Crippen LogP contribution in [0.3, 0.4) is 0 Å². The zero-order valence-corrected chi connectivity index (χ0v) is 18.3. The van der Waals surface area contributed by atoms with Crippen LogP contribution in [0.4, 0.5) is 13.2 Å². The maximum absolute atomic E-state index is 13.3. The molecule has 0 bridgehead atoms. The zero-order chi connectivity index (χ0) is 22.6. The quantitative estimate of drug-likeness (QED) is 0.676. The Morgan fingerprint density at radius 3 is 2.16 bits per heavy atom. The summed E-state index contributed by atoms with van der Waals surface area (Å²) in [5.74, 6) is -0.152. The smallest absolute Gasteiger partial charge is 0.342 e. The van der Waals surface area contributed by atoms with Crippen molar-refractivity contribution in [3.63, 3.8) is 0 Å². The standard InChI is InChI=1S/C23H32F3N3O2/c1-3-27(4-2)22(31)20(17-9-5-6-10-17)28-13-15-29(16-14-28)21(30)18-11-7-8-12-19(18)23(24,25)26/h7-8,11-12,17,20H,3-6,9-10,13-16H2,1-2H3. The van der Waals surface area contributed by atoms with Gasteiger partial charge in [-0.3, -0.25) is 14.5 Å². The number of hydrogen-bond donors (Lipinski definition) is 0. The molecule has 1 aromatic carbocycles. The van der Waals surface area contributed by atoms with Gasteiger partial charge in [0.05, 0.1) is 17.2 Å². The Balaban J connectivity index is 1.72. The van der Waals surface area contributed by atoms with Gasteiger partial charge in [-0.25, -0.2) is 0 Å². The number of amides is 2. The number of hydrogen-bond acceptors (Lipinski definition) is 3. The first-order chi connectivity index (χ1) is 14.8.